The monoisotopic (exact) mass is 222 g/mol. The molecule has 0 radical (unpaired) electrons. The van der Waals surface area contributed by atoms with Crippen molar-refractivity contribution in [1.29, 1.82) is 0 Å². The van der Waals surface area contributed by atoms with Gasteiger partial charge < -0.3 is 15.6 Å². The summed E-state index contributed by atoms with van der Waals surface area (Å²) < 4.78 is 5.44. The molecule has 0 saturated heterocycles. The number of ether oxygens (including phenoxy) is 1. The zero-order valence-electron chi connectivity index (χ0n) is 7.88. The summed E-state index contributed by atoms with van der Waals surface area (Å²) in [6.07, 6.45) is 1.68. The minimum absolute atomic E-state index is 0.191. The van der Waals surface area contributed by atoms with Gasteiger partial charge in [0, 0.05) is 12.3 Å². The lowest BCUT2D eigenvalue weighted by atomic mass is 10.3. The fraction of sp³-hybridized carbons (Fsp3) is 0.100. The molecule has 78 valence electrons. The molecule has 0 fully saturated rings. The van der Waals surface area contributed by atoms with Gasteiger partial charge in [-0.3, -0.25) is 0 Å². The molecule has 1 aromatic heterocycles. The first-order chi connectivity index (χ1) is 7.24. The van der Waals surface area contributed by atoms with Gasteiger partial charge in [-0.15, -0.1) is 0 Å². The van der Waals surface area contributed by atoms with Crippen molar-refractivity contribution in [3.63, 3.8) is 0 Å². The number of nitrogens with two attached hydrogens (primary N) is 1. The van der Waals surface area contributed by atoms with E-state index in [-0.39, 0.29) is 5.75 Å². The average molecular weight is 222 g/mol. The number of hydrogen-bond acceptors (Lipinski definition) is 5. The summed E-state index contributed by atoms with van der Waals surface area (Å²) >= 11 is 1.39. The largest absolute Gasteiger partial charge is 0.508 e. The van der Waals surface area contributed by atoms with E-state index >= 15 is 0 Å². The molecule has 1 aromatic carbocycles. The van der Waals surface area contributed by atoms with Crippen LogP contribution in [0.2, 0.25) is 0 Å². The molecule has 1 heterocycles. The van der Waals surface area contributed by atoms with E-state index in [9.17, 15) is 5.11 Å². The van der Waals surface area contributed by atoms with E-state index in [4.69, 9.17) is 10.5 Å². The fourth-order valence-electron chi connectivity index (χ4n) is 1.12. The Morgan fingerprint density at radius 2 is 2.33 bits per heavy atom. The fourth-order valence-corrected chi connectivity index (χ4v) is 1.71. The molecule has 15 heavy (non-hydrogen) atoms. The normalized spacial score (nSPS) is 10.1. The van der Waals surface area contributed by atoms with Crippen LogP contribution in [0.5, 0.6) is 11.5 Å². The highest BCUT2D eigenvalue weighted by atomic mass is 32.1. The number of phenols is 1. The minimum atomic E-state index is 0.191. The number of anilines is 1. The average Bonchev–Trinajstić information content (AvgIpc) is 2.62. The van der Waals surface area contributed by atoms with Crippen molar-refractivity contribution in [2.24, 2.45) is 0 Å². The van der Waals surface area contributed by atoms with Crippen LogP contribution < -0.4 is 10.5 Å². The molecule has 5 heteroatoms. The van der Waals surface area contributed by atoms with Gasteiger partial charge in [0.25, 0.3) is 0 Å². The van der Waals surface area contributed by atoms with Crippen LogP contribution in [0.15, 0.2) is 30.5 Å². The lowest BCUT2D eigenvalue weighted by Crippen LogP contribution is -1.92. The van der Waals surface area contributed by atoms with Crippen molar-refractivity contribution in [3.8, 4) is 11.5 Å². The highest BCUT2D eigenvalue weighted by molar-refractivity contribution is 7.15. The third kappa shape index (κ3) is 2.60. The molecule has 0 bridgehead atoms. The highest BCUT2D eigenvalue weighted by Crippen LogP contribution is 2.21. The molecule has 0 saturated carbocycles. The van der Waals surface area contributed by atoms with E-state index in [2.05, 4.69) is 4.98 Å². The summed E-state index contributed by atoms with van der Waals surface area (Å²) in [6.45, 7) is 0.415. The minimum Gasteiger partial charge on any atom is -0.508 e. The van der Waals surface area contributed by atoms with Gasteiger partial charge in [0.2, 0.25) is 0 Å². The molecular formula is C10H10N2O2S. The van der Waals surface area contributed by atoms with Crippen LogP contribution in [0, 0.1) is 0 Å². The topological polar surface area (TPSA) is 68.4 Å². The summed E-state index contributed by atoms with van der Waals surface area (Å²) in [7, 11) is 0. The molecule has 0 spiro atoms. The van der Waals surface area contributed by atoms with Crippen LogP contribution >= 0.6 is 11.3 Å². The smallest absolute Gasteiger partial charge is 0.180 e. The van der Waals surface area contributed by atoms with E-state index in [1.54, 1.807) is 30.5 Å². The number of aromatic nitrogens is 1. The maximum Gasteiger partial charge on any atom is 0.180 e. The summed E-state index contributed by atoms with van der Waals surface area (Å²) in [5.41, 5.74) is 5.48. The summed E-state index contributed by atoms with van der Waals surface area (Å²) in [5, 5.41) is 9.74. The Kier molecular flexibility index (Phi) is 2.73. The zero-order valence-corrected chi connectivity index (χ0v) is 8.70. The van der Waals surface area contributed by atoms with Crippen molar-refractivity contribution in [1.82, 2.24) is 4.98 Å². The van der Waals surface area contributed by atoms with Gasteiger partial charge in [-0.1, -0.05) is 17.4 Å². The first kappa shape index (κ1) is 9.79. The second-order valence-corrected chi connectivity index (χ2v) is 4.10. The number of nitrogens with zero attached hydrogens (tertiary/aromatic N) is 1. The van der Waals surface area contributed by atoms with Gasteiger partial charge in [0.1, 0.15) is 18.1 Å². The molecule has 4 nitrogen and oxygen atoms in total. The van der Waals surface area contributed by atoms with Crippen molar-refractivity contribution in [2.75, 3.05) is 5.73 Å². The Morgan fingerprint density at radius 3 is 3.00 bits per heavy atom. The van der Waals surface area contributed by atoms with Gasteiger partial charge in [0.05, 0.1) is 4.88 Å². The van der Waals surface area contributed by atoms with Crippen LogP contribution in [0.25, 0.3) is 0 Å². The predicted octanol–water partition coefficient (Wildman–Crippen LogP) is 2.01. The zero-order chi connectivity index (χ0) is 10.7. The van der Waals surface area contributed by atoms with Gasteiger partial charge >= 0.3 is 0 Å². The first-order valence-corrected chi connectivity index (χ1v) is 5.18. The van der Waals surface area contributed by atoms with Crippen molar-refractivity contribution in [2.45, 2.75) is 6.61 Å². The number of thiazole rings is 1. The molecule has 0 aliphatic rings. The van der Waals surface area contributed by atoms with E-state index in [0.29, 0.717) is 17.5 Å². The number of hydrogen-bond donors (Lipinski definition) is 2. The van der Waals surface area contributed by atoms with Gasteiger partial charge in [-0.2, -0.15) is 0 Å². The first-order valence-electron chi connectivity index (χ1n) is 4.36. The SMILES string of the molecule is Nc1ncc(COc2cccc(O)c2)s1. The summed E-state index contributed by atoms with van der Waals surface area (Å²) in [4.78, 5) is 4.87. The lowest BCUT2D eigenvalue weighted by Gasteiger charge is -2.03. The van der Waals surface area contributed by atoms with Crippen LogP contribution in [0.3, 0.4) is 0 Å². The second kappa shape index (κ2) is 4.18. The third-order valence-corrected chi connectivity index (χ3v) is 2.57. The number of benzene rings is 1. The Morgan fingerprint density at radius 1 is 1.47 bits per heavy atom. The Balaban J connectivity index is 1.99. The molecule has 0 aliphatic carbocycles. The van der Waals surface area contributed by atoms with Crippen LogP contribution in [0.1, 0.15) is 4.88 Å². The Hall–Kier alpha value is -1.75. The van der Waals surface area contributed by atoms with Crippen molar-refractivity contribution >= 4 is 16.5 Å². The third-order valence-electron chi connectivity index (χ3n) is 1.77. The predicted molar refractivity (Wildman–Crippen MR) is 59.0 cm³/mol. The standard InChI is InChI=1S/C10H10N2O2S/c11-10-12-5-9(15-10)6-14-8-3-1-2-7(13)4-8/h1-5,13H,6H2,(H2,11,12). The van der Waals surface area contributed by atoms with Crippen LogP contribution in [-0.4, -0.2) is 10.1 Å². The second-order valence-electron chi connectivity index (χ2n) is 2.95. The molecule has 0 unspecified atom stereocenters. The van der Waals surface area contributed by atoms with Gasteiger partial charge in [0.15, 0.2) is 5.13 Å². The number of aromatic hydroxyl groups is 1. The molecule has 2 rings (SSSR count). The van der Waals surface area contributed by atoms with E-state index in [1.165, 1.54) is 11.3 Å². The number of rotatable bonds is 3. The van der Waals surface area contributed by atoms with Crippen molar-refractivity contribution in [3.05, 3.63) is 35.3 Å². The maximum absolute atomic E-state index is 9.20. The van der Waals surface area contributed by atoms with Crippen molar-refractivity contribution < 1.29 is 9.84 Å². The molecule has 0 amide bonds. The van der Waals surface area contributed by atoms with E-state index in [1.807, 2.05) is 0 Å². The molecule has 3 N–H and O–H groups in total. The number of nitrogen functional groups attached to an aromatic ring is 1. The summed E-state index contributed by atoms with van der Waals surface area (Å²) in [5.74, 6) is 0.818. The van der Waals surface area contributed by atoms with Crippen LogP contribution in [-0.2, 0) is 6.61 Å². The number of phenolic OH excluding ortho intramolecular Hbond substituents is 1. The van der Waals surface area contributed by atoms with Crippen LogP contribution in [0.4, 0.5) is 5.13 Å². The molecule has 2 aromatic rings. The highest BCUT2D eigenvalue weighted by Gasteiger charge is 2.00. The Labute approximate surface area is 91.0 Å². The maximum atomic E-state index is 9.20. The van der Waals surface area contributed by atoms with E-state index in [0.717, 1.165) is 4.88 Å². The van der Waals surface area contributed by atoms with E-state index < -0.39 is 0 Å². The van der Waals surface area contributed by atoms with Gasteiger partial charge in [-0.25, -0.2) is 4.98 Å². The summed E-state index contributed by atoms with van der Waals surface area (Å²) in [6, 6.07) is 6.66. The Bertz CT molecular complexity index is 456. The molecule has 0 atom stereocenters. The van der Waals surface area contributed by atoms with Gasteiger partial charge in [-0.05, 0) is 12.1 Å². The quantitative estimate of drug-likeness (QED) is 0.833. The lowest BCUT2D eigenvalue weighted by molar-refractivity contribution is 0.307. The molecular weight excluding hydrogens is 212 g/mol. The molecule has 0 aliphatic heterocycles.